The van der Waals surface area contributed by atoms with Crippen LogP contribution in [0.5, 0.6) is 0 Å². The van der Waals surface area contributed by atoms with Crippen LogP contribution in [0, 0.1) is 0 Å². The third-order valence-corrected chi connectivity index (χ3v) is 4.25. The maximum absolute atomic E-state index is 6.02. The predicted octanol–water partition coefficient (Wildman–Crippen LogP) is 2.44. The summed E-state index contributed by atoms with van der Waals surface area (Å²) in [6, 6.07) is 8.13. The lowest BCUT2D eigenvalue weighted by Gasteiger charge is -2.42. The Kier molecular flexibility index (Phi) is 5.60. The van der Waals surface area contributed by atoms with Crippen LogP contribution in [0.3, 0.4) is 0 Å². The van der Waals surface area contributed by atoms with Gasteiger partial charge in [-0.25, -0.2) is 0 Å². The summed E-state index contributed by atoms with van der Waals surface area (Å²) in [6.45, 7) is 4.41. The van der Waals surface area contributed by atoms with E-state index in [1.165, 1.54) is 5.56 Å². The van der Waals surface area contributed by atoms with E-state index in [1.54, 1.807) is 0 Å². The fourth-order valence-corrected chi connectivity index (χ4v) is 2.45. The van der Waals surface area contributed by atoms with Crippen molar-refractivity contribution in [1.82, 2.24) is 10.3 Å². The second-order valence-corrected chi connectivity index (χ2v) is 5.59. The van der Waals surface area contributed by atoms with Crippen LogP contribution in [-0.2, 0) is 6.42 Å². The van der Waals surface area contributed by atoms with E-state index < -0.39 is 0 Å². The third kappa shape index (κ3) is 3.45. The summed E-state index contributed by atoms with van der Waals surface area (Å²) in [7, 11) is 4.18. The molecule has 0 spiro atoms. The van der Waals surface area contributed by atoms with Gasteiger partial charge >= 0.3 is 0 Å². The van der Waals surface area contributed by atoms with Crippen molar-refractivity contribution >= 4 is 11.6 Å². The molecule has 0 aliphatic rings. The lowest BCUT2D eigenvalue weighted by Crippen LogP contribution is -2.59. The van der Waals surface area contributed by atoms with E-state index >= 15 is 0 Å². The van der Waals surface area contributed by atoms with Gasteiger partial charge in [0.2, 0.25) is 0 Å². The molecule has 0 radical (unpaired) electrons. The minimum absolute atomic E-state index is 0.0110. The van der Waals surface area contributed by atoms with Crippen LogP contribution in [0.25, 0.3) is 0 Å². The molecule has 2 unspecified atom stereocenters. The van der Waals surface area contributed by atoms with Gasteiger partial charge in [0.1, 0.15) is 0 Å². The number of halogens is 1. The lowest BCUT2D eigenvalue weighted by molar-refractivity contribution is 0.112. The summed E-state index contributed by atoms with van der Waals surface area (Å²) in [4.78, 5) is 2.22. The first-order chi connectivity index (χ1) is 8.43. The van der Waals surface area contributed by atoms with Crippen LogP contribution in [0.1, 0.15) is 25.8 Å². The van der Waals surface area contributed by atoms with Crippen LogP contribution in [0.2, 0.25) is 5.02 Å². The first-order valence-corrected chi connectivity index (χ1v) is 6.69. The molecule has 0 heterocycles. The van der Waals surface area contributed by atoms with E-state index in [1.807, 2.05) is 18.2 Å². The third-order valence-electron chi connectivity index (χ3n) is 4.02. The Bertz CT molecular complexity index is 381. The SMILES string of the molecule is CCC(C)(C(Cc1cccc(Cl)c1)NN)N(C)C. The van der Waals surface area contributed by atoms with E-state index in [-0.39, 0.29) is 11.6 Å². The highest BCUT2D eigenvalue weighted by Crippen LogP contribution is 2.24. The fourth-order valence-electron chi connectivity index (χ4n) is 2.23. The zero-order valence-electron chi connectivity index (χ0n) is 11.7. The molecule has 0 aliphatic carbocycles. The highest BCUT2D eigenvalue weighted by Gasteiger charge is 2.34. The molecule has 0 aromatic heterocycles. The molecule has 4 heteroatoms. The summed E-state index contributed by atoms with van der Waals surface area (Å²) < 4.78 is 0. The summed E-state index contributed by atoms with van der Waals surface area (Å²) >= 11 is 6.02. The number of benzene rings is 1. The highest BCUT2D eigenvalue weighted by atomic mass is 35.5. The maximum atomic E-state index is 6.02. The van der Waals surface area contributed by atoms with Gasteiger partial charge in [0.05, 0.1) is 0 Å². The number of hydrogen-bond donors (Lipinski definition) is 2. The van der Waals surface area contributed by atoms with Gasteiger partial charge in [-0.2, -0.15) is 0 Å². The van der Waals surface area contributed by atoms with Crippen molar-refractivity contribution in [1.29, 1.82) is 0 Å². The van der Waals surface area contributed by atoms with E-state index in [0.717, 1.165) is 17.9 Å². The number of nitrogens with one attached hydrogen (secondary N) is 1. The molecule has 0 bridgehead atoms. The average molecular weight is 270 g/mol. The van der Waals surface area contributed by atoms with Crippen molar-refractivity contribution in [2.75, 3.05) is 14.1 Å². The second kappa shape index (κ2) is 6.53. The first kappa shape index (κ1) is 15.4. The monoisotopic (exact) mass is 269 g/mol. The number of hydrazine groups is 1. The summed E-state index contributed by atoms with van der Waals surface area (Å²) in [6.07, 6.45) is 1.88. The van der Waals surface area contributed by atoms with Gasteiger partial charge in [-0.1, -0.05) is 30.7 Å². The number of nitrogens with two attached hydrogens (primary N) is 1. The minimum Gasteiger partial charge on any atom is -0.302 e. The Morgan fingerprint density at radius 3 is 2.56 bits per heavy atom. The second-order valence-electron chi connectivity index (χ2n) is 5.16. The van der Waals surface area contributed by atoms with Crippen molar-refractivity contribution in [3.8, 4) is 0 Å². The van der Waals surface area contributed by atoms with Gasteiger partial charge in [-0.3, -0.25) is 11.3 Å². The molecule has 0 fully saturated rings. The van der Waals surface area contributed by atoms with Gasteiger partial charge in [0, 0.05) is 16.6 Å². The maximum Gasteiger partial charge on any atom is 0.0432 e. The highest BCUT2D eigenvalue weighted by molar-refractivity contribution is 6.30. The van der Waals surface area contributed by atoms with Crippen LogP contribution in [-0.4, -0.2) is 30.6 Å². The Morgan fingerprint density at radius 2 is 2.11 bits per heavy atom. The van der Waals surface area contributed by atoms with E-state index in [2.05, 4.69) is 44.3 Å². The summed E-state index contributed by atoms with van der Waals surface area (Å²) in [5, 5.41) is 0.770. The minimum atomic E-state index is 0.0110. The molecule has 0 saturated carbocycles. The largest absolute Gasteiger partial charge is 0.302 e. The molecule has 0 aliphatic heterocycles. The Hall–Kier alpha value is -0.610. The summed E-state index contributed by atoms with van der Waals surface area (Å²) in [5.74, 6) is 5.75. The zero-order chi connectivity index (χ0) is 13.8. The first-order valence-electron chi connectivity index (χ1n) is 6.32. The Balaban J connectivity index is 2.90. The molecular weight excluding hydrogens is 246 g/mol. The van der Waals surface area contributed by atoms with E-state index in [4.69, 9.17) is 17.4 Å². The number of rotatable bonds is 6. The standard InChI is InChI=1S/C14H24ClN3/c1-5-14(2,18(3)4)13(17-16)10-11-7-6-8-12(15)9-11/h6-9,13,17H,5,10,16H2,1-4H3. The van der Waals surface area contributed by atoms with Gasteiger partial charge in [-0.05, 0) is 51.6 Å². The molecule has 3 N–H and O–H groups in total. The smallest absolute Gasteiger partial charge is 0.0432 e. The molecule has 1 aromatic rings. The lowest BCUT2D eigenvalue weighted by atomic mass is 9.84. The van der Waals surface area contributed by atoms with E-state index in [0.29, 0.717) is 0 Å². The van der Waals surface area contributed by atoms with Crippen LogP contribution in [0.15, 0.2) is 24.3 Å². The molecule has 0 amide bonds. The van der Waals surface area contributed by atoms with Crippen LogP contribution >= 0.6 is 11.6 Å². The normalized spacial score (nSPS) is 16.6. The molecule has 102 valence electrons. The zero-order valence-corrected chi connectivity index (χ0v) is 12.5. The van der Waals surface area contributed by atoms with Gasteiger partial charge in [0.25, 0.3) is 0 Å². The molecular formula is C14H24ClN3. The quantitative estimate of drug-likeness (QED) is 0.616. The van der Waals surface area contributed by atoms with Gasteiger partial charge in [-0.15, -0.1) is 0 Å². The fraction of sp³-hybridized carbons (Fsp3) is 0.571. The Labute approximate surface area is 115 Å². The van der Waals surface area contributed by atoms with Gasteiger partial charge in [0.15, 0.2) is 0 Å². The summed E-state index contributed by atoms with van der Waals surface area (Å²) in [5.41, 5.74) is 4.17. The van der Waals surface area contributed by atoms with Crippen molar-refractivity contribution in [3.05, 3.63) is 34.9 Å². The number of hydrogen-bond acceptors (Lipinski definition) is 3. The number of likely N-dealkylation sites (N-methyl/N-ethyl adjacent to an activating group) is 1. The van der Waals surface area contributed by atoms with Crippen LogP contribution in [0.4, 0.5) is 0 Å². The van der Waals surface area contributed by atoms with Gasteiger partial charge < -0.3 is 4.90 Å². The van der Waals surface area contributed by atoms with Crippen molar-refractivity contribution < 1.29 is 0 Å². The van der Waals surface area contributed by atoms with E-state index in [9.17, 15) is 0 Å². The average Bonchev–Trinajstić information content (AvgIpc) is 2.34. The molecule has 0 saturated heterocycles. The number of nitrogens with zero attached hydrogens (tertiary/aromatic N) is 1. The topological polar surface area (TPSA) is 41.3 Å². The molecule has 3 nitrogen and oxygen atoms in total. The van der Waals surface area contributed by atoms with Crippen molar-refractivity contribution in [2.45, 2.75) is 38.3 Å². The molecule has 18 heavy (non-hydrogen) atoms. The predicted molar refractivity (Wildman–Crippen MR) is 78.7 cm³/mol. The van der Waals surface area contributed by atoms with Crippen LogP contribution < -0.4 is 11.3 Å². The Morgan fingerprint density at radius 1 is 1.44 bits per heavy atom. The van der Waals surface area contributed by atoms with Crippen molar-refractivity contribution in [2.24, 2.45) is 5.84 Å². The molecule has 1 aromatic carbocycles. The molecule has 1 rings (SSSR count). The van der Waals surface area contributed by atoms with Crippen molar-refractivity contribution in [3.63, 3.8) is 0 Å². The molecule has 2 atom stereocenters.